The topological polar surface area (TPSA) is 64.4 Å². The Labute approximate surface area is 144 Å². The molecule has 0 aliphatic heterocycles. The molecule has 0 spiro atoms. The van der Waals surface area contributed by atoms with Gasteiger partial charge >= 0.3 is 0 Å². The Kier molecular flexibility index (Phi) is 4.96. The molecule has 2 aromatic heterocycles. The van der Waals surface area contributed by atoms with Gasteiger partial charge < -0.3 is 14.5 Å². The van der Waals surface area contributed by atoms with Gasteiger partial charge in [0.25, 0.3) is 5.91 Å². The first-order chi connectivity index (χ1) is 11.6. The Hall–Kier alpha value is -2.60. The zero-order valence-corrected chi connectivity index (χ0v) is 14.3. The third kappa shape index (κ3) is 4.02. The highest BCUT2D eigenvalue weighted by molar-refractivity contribution is 7.13. The minimum Gasteiger partial charge on any atom is -0.491 e. The number of hydrogen-bond acceptors (Lipinski definition) is 5. The maximum Gasteiger partial charge on any atom is 0.271 e. The smallest absolute Gasteiger partial charge is 0.271 e. The average Bonchev–Trinajstić information content (AvgIpc) is 3.24. The number of amides is 1. The van der Waals surface area contributed by atoms with E-state index < -0.39 is 0 Å². The quantitative estimate of drug-likeness (QED) is 0.732. The van der Waals surface area contributed by atoms with Crippen molar-refractivity contribution < 1.29 is 13.9 Å². The second-order valence-corrected chi connectivity index (χ2v) is 6.35. The average molecular weight is 342 g/mol. The summed E-state index contributed by atoms with van der Waals surface area (Å²) in [5.74, 6) is 1.28. The number of ether oxygens (including phenoxy) is 1. The molecule has 3 rings (SSSR count). The van der Waals surface area contributed by atoms with Crippen molar-refractivity contribution in [1.82, 2.24) is 10.3 Å². The molecule has 6 heteroatoms. The van der Waals surface area contributed by atoms with Crippen LogP contribution in [-0.2, 0) is 6.54 Å². The maximum absolute atomic E-state index is 12.2. The van der Waals surface area contributed by atoms with Crippen LogP contribution in [0.25, 0.3) is 10.6 Å². The molecule has 0 aliphatic carbocycles. The van der Waals surface area contributed by atoms with Crippen molar-refractivity contribution in [2.24, 2.45) is 0 Å². The zero-order valence-electron chi connectivity index (χ0n) is 13.5. The first-order valence-corrected chi connectivity index (χ1v) is 8.53. The highest BCUT2D eigenvalue weighted by atomic mass is 32.1. The Morgan fingerprint density at radius 3 is 2.96 bits per heavy atom. The summed E-state index contributed by atoms with van der Waals surface area (Å²) < 4.78 is 10.9. The molecule has 1 N–H and O–H groups in total. The van der Waals surface area contributed by atoms with E-state index in [-0.39, 0.29) is 12.0 Å². The first-order valence-electron chi connectivity index (χ1n) is 7.65. The van der Waals surface area contributed by atoms with Gasteiger partial charge in [-0.3, -0.25) is 4.79 Å². The second kappa shape index (κ2) is 7.31. The van der Waals surface area contributed by atoms with Gasteiger partial charge in [0.2, 0.25) is 0 Å². The second-order valence-electron chi connectivity index (χ2n) is 5.49. The van der Waals surface area contributed by atoms with Crippen molar-refractivity contribution in [3.05, 3.63) is 59.5 Å². The Morgan fingerprint density at radius 1 is 1.33 bits per heavy atom. The number of hydrogen-bond donors (Lipinski definition) is 1. The normalized spacial score (nSPS) is 10.8. The highest BCUT2D eigenvalue weighted by Crippen LogP contribution is 2.27. The number of rotatable bonds is 6. The predicted octanol–water partition coefficient (Wildman–Crippen LogP) is 4.12. The van der Waals surface area contributed by atoms with Crippen molar-refractivity contribution in [1.29, 1.82) is 0 Å². The third-order valence-corrected chi connectivity index (χ3v) is 4.08. The highest BCUT2D eigenvalue weighted by Gasteiger charge is 2.12. The van der Waals surface area contributed by atoms with Crippen LogP contribution in [0.4, 0.5) is 0 Å². The van der Waals surface area contributed by atoms with E-state index in [2.05, 4.69) is 10.3 Å². The summed E-state index contributed by atoms with van der Waals surface area (Å²) in [4.78, 5) is 16.6. The van der Waals surface area contributed by atoms with Gasteiger partial charge in [-0.2, -0.15) is 0 Å². The monoisotopic (exact) mass is 342 g/mol. The molecule has 1 aromatic carbocycles. The van der Waals surface area contributed by atoms with Crippen LogP contribution in [0.1, 0.15) is 30.1 Å². The number of aromatic nitrogens is 1. The van der Waals surface area contributed by atoms with Gasteiger partial charge in [0.15, 0.2) is 0 Å². The van der Waals surface area contributed by atoms with E-state index >= 15 is 0 Å². The van der Waals surface area contributed by atoms with E-state index in [1.807, 2.05) is 44.2 Å². The van der Waals surface area contributed by atoms with Gasteiger partial charge in [0.1, 0.15) is 22.2 Å². The number of nitrogens with one attached hydrogen (secondary N) is 1. The molecule has 5 nitrogen and oxygen atoms in total. The van der Waals surface area contributed by atoms with Crippen LogP contribution in [0.15, 0.2) is 52.5 Å². The number of benzene rings is 1. The predicted molar refractivity (Wildman–Crippen MR) is 93.2 cm³/mol. The van der Waals surface area contributed by atoms with Crippen LogP contribution in [0, 0.1) is 0 Å². The molecule has 1 amide bonds. The standard InChI is InChI=1S/C18H18N2O3S/c1-12(2)23-14-6-3-5-13(9-14)18-20-16(11-24-18)17(21)19-10-15-7-4-8-22-15/h3-9,11-12H,10H2,1-2H3,(H,19,21). The zero-order chi connectivity index (χ0) is 16.9. The fraction of sp³-hybridized carbons (Fsp3) is 0.222. The van der Waals surface area contributed by atoms with Gasteiger partial charge in [-0.05, 0) is 38.1 Å². The van der Waals surface area contributed by atoms with Crippen molar-refractivity contribution in [3.8, 4) is 16.3 Å². The summed E-state index contributed by atoms with van der Waals surface area (Å²) in [6.07, 6.45) is 1.69. The lowest BCUT2D eigenvalue weighted by Crippen LogP contribution is -2.22. The fourth-order valence-electron chi connectivity index (χ4n) is 2.16. The molecule has 0 saturated carbocycles. The molecular formula is C18H18N2O3S. The summed E-state index contributed by atoms with van der Waals surface area (Å²) in [6, 6.07) is 11.3. The van der Waals surface area contributed by atoms with Crippen molar-refractivity contribution in [2.45, 2.75) is 26.5 Å². The van der Waals surface area contributed by atoms with Gasteiger partial charge in [-0.1, -0.05) is 12.1 Å². The van der Waals surface area contributed by atoms with E-state index in [9.17, 15) is 4.79 Å². The summed E-state index contributed by atoms with van der Waals surface area (Å²) in [5.41, 5.74) is 1.33. The molecule has 0 aliphatic rings. The number of thiazole rings is 1. The van der Waals surface area contributed by atoms with Crippen LogP contribution < -0.4 is 10.1 Å². The summed E-state index contributed by atoms with van der Waals surface area (Å²) >= 11 is 1.43. The molecule has 3 aromatic rings. The number of furan rings is 1. The lowest BCUT2D eigenvalue weighted by atomic mass is 10.2. The van der Waals surface area contributed by atoms with Crippen LogP contribution in [0.3, 0.4) is 0 Å². The largest absolute Gasteiger partial charge is 0.491 e. The maximum atomic E-state index is 12.2. The number of carbonyl (C=O) groups is 1. The number of nitrogens with zero attached hydrogens (tertiary/aromatic N) is 1. The Balaban J connectivity index is 1.69. The molecule has 124 valence electrons. The van der Waals surface area contributed by atoms with E-state index in [4.69, 9.17) is 9.15 Å². The van der Waals surface area contributed by atoms with Crippen molar-refractivity contribution in [2.75, 3.05) is 0 Å². The molecule has 2 heterocycles. The van der Waals surface area contributed by atoms with Crippen molar-refractivity contribution in [3.63, 3.8) is 0 Å². The van der Waals surface area contributed by atoms with Crippen LogP contribution in [0.2, 0.25) is 0 Å². The fourth-order valence-corrected chi connectivity index (χ4v) is 2.95. The minimum atomic E-state index is -0.219. The van der Waals surface area contributed by atoms with Gasteiger partial charge in [0.05, 0.1) is 18.9 Å². The molecule has 0 saturated heterocycles. The number of carbonyl (C=O) groups excluding carboxylic acids is 1. The Bertz CT molecular complexity index is 809. The van der Waals surface area contributed by atoms with E-state index in [1.54, 1.807) is 17.7 Å². The lowest BCUT2D eigenvalue weighted by molar-refractivity contribution is 0.0944. The van der Waals surface area contributed by atoms with E-state index in [0.29, 0.717) is 18.0 Å². The van der Waals surface area contributed by atoms with Gasteiger partial charge in [-0.15, -0.1) is 11.3 Å². The third-order valence-electron chi connectivity index (χ3n) is 3.19. The lowest BCUT2D eigenvalue weighted by Gasteiger charge is -2.10. The summed E-state index contributed by atoms with van der Waals surface area (Å²) in [7, 11) is 0. The molecular weight excluding hydrogens is 324 g/mol. The molecule has 0 atom stereocenters. The molecule has 24 heavy (non-hydrogen) atoms. The van der Waals surface area contributed by atoms with E-state index in [0.717, 1.165) is 16.3 Å². The first kappa shape index (κ1) is 16.3. The van der Waals surface area contributed by atoms with Crippen LogP contribution in [0.5, 0.6) is 5.75 Å². The van der Waals surface area contributed by atoms with Gasteiger partial charge in [-0.25, -0.2) is 4.98 Å². The molecule has 0 radical (unpaired) electrons. The summed E-state index contributed by atoms with van der Waals surface area (Å²) in [6.45, 7) is 4.31. The molecule has 0 fully saturated rings. The molecule has 0 bridgehead atoms. The van der Waals surface area contributed by atoms with Crippen LogP contribution in [-0.4, -0.2) is 17.0 Å². The summed E-state index contributed by atoms with van der Waals surface area (Å²) in [5, 5.41) is 5.33. The SMILES string of the molecule is CC(C)Oc1cccc(-c2nc(C(=O)NCc3ccco3)cs2)c1. The van der Waals surface area contributed by atoms with Crippen LogP contribution >= 0.6 is 11.3 Å². The molecule has 0 unspecified atom stereocenters. The van der Waals surface area contributed by atoms with E-state index in [1.165, 1.54) is 11.3 Å². The van der Waals surface area contributed by atoms with Crippen molar-refractivity contribution >= 4 is 17.2 Å². The Morgan fingerprint density at radius 2 is 2.21 bits per heavy atom. The van der Waals surface area contributed by atoms with Gasteiger partial charge in [0, 0.05) is 10.9 Å². The minimum absolute atomic E-state index is 0.111.